The van der Waals surface area contributed by atoms with E-state index in [9.17, 15) is 13.2 Å². The number of anilines is 2. The van der Waals surface area contributed by atoms with E-state index in [-0.39, 0.29) is 10.8 Å². The van der Waals surface area contributed by atoms with Gasteiger partial charge in [0.15, 0.2) is 0 Å². The van der Waals surface area contributed by atoms with Crippen LogP contribution in [0, 0.1) is 0 Å². The molecule has 0 aliphatic carbocycles. The Morgan fingerprint density at radius 1 is 1.07 bits per heavy atom. The van der Waals surface area contributed by atoms with E-state index in [2.05, 4.69) is 9.97 Å². The second kappa shape index (κ2) is 8.29. The fourth-order valence-electron chi connectivity index (χ4n) is 3.57. The van der Waals surface area contributed by atoms with Crippen molar-refractivity contribution in [1.29, 1.82) is 0 Å². The van der Waals surface area contributed by atoms with Crippen LogP contribution in [0.4, 0.5) is 11.6 Å². The van der Waals surface area contributed by atoms with Gasteiger partial charge < -0.3 is 9.80 Å². The molecule has 0 radical (unpaired) electrons. The van der Waals surface area contributed by atoms with Crippen molar-refractivity contribution >= 4 is 39.3 Å². The van der Waals surface area contributed by atoms with Crippen LogP contribution in [-0.2, 0) is 14.8 Å². The summed E-state index contributed by atoms with van der Waals surface area (Å²) in [5, 5.41) is 0. The van der Waals surface area contributed by atoms with E-state index in [4.69, 9.17) is 0 Å². The van der Waals surface area contributed by atoms with Crippen molar-refractivity contribution in [3.63, 3.8) is 0 Å². The van der Waals surface area contributed by atoms with Gasteiger partial charge in [0.25, 0.3) is 0 Å². The fraction of sp³-hybridized carbons (Fsp3) is 0.421. The summed E-state index contributed by atoms with van der Waals surface area (Å²) in [4.78, 5) is 25.4. The molecule has 0 atom stereocenters. The van der Waals surface area contributed by atoms with Crippen molar-refractivity contribution in [3.8, 4) is 0 Å². The molecule has 1 aromatic heterocycles. The van der Waals surface area contributed by atoms with Crippen LogP contribution in [0.25, 0.3) is 0 Å². The number of piperazine rings is 1. The molecule has 0 N–H and O–H groups in total. The third kappa shape index (κ3) is 4.10. The number of benzene rings is 1. The van der Waals surface area contributed by atoms with Gasteiger partial charge in [-0.2, -0.15) is 4.31 Å². The Kier molecular flexibility index (Phi) is 5.75. The predicted molar refractivity (Wildman–Crippen MR) is 113 cm³/mol. The summed E-state index contributed by atoms with van der Waals surface area (Å²) in [6.45, 7) is 3.92. The third-order valence-electron chi connectivity index (χ3n) is 5.10. The highest BCUT2D eigenvalue weighted by Crippen LogP contribution is 2.36. The Bertz CT molecular complexity index is 992. The minimum absolute atomic E-state index is 0.0697. The number of rotatable bonds is 3. The lowest BCUT2D eigenvalue weighted by atomic mass is 10.2. The largest absolute Gasteiger partial charge is 0.338 e. The van der Waals surface area contributed by atoms with Gasteiger partial charge in [-0.1, -0.05) is 0 Å². The van der Waals surface area contributed by atoms with Crippen molar-refractivity contribution in [2.75, 3.05) is 48.3 Å². The molecule has 29 heavy (non-hydrogen) atoms. The van der Waals surface area contributed by atoms with Gasteiger partial charge in [0.2, 0.25) is 21.9 Å². The third-order valence-corrected chi connectivity index (χ3v) is 8.14. The van der Waals surface area contributed by atoms with Gasteiger partial charge in [-0.15, -0.1) is 11.8 Å². The van der Waals surface area contributed by atoms with Crippen LogP contribution in [-0.4, -0.2) is 67.1 Å². The van der Waals surface area contributed by atoms with Gasteiger partial charge >= 0.3 is 0 Å². The lowest BCUT2D eigenvalue weighted by Gasteiger charge is -2.34. The molecule has 1 saturated heterocycles. The summed E-state index contributed by atoms with van der Waals surface area (Å²) in [7, 11) is -3.64. The average molecular weight is 434 g/mol. The van der Waals surface area contributed by atoms with Crippen molar-refractivity contribution in [2.45, 2.75) is 23.1 Å². The van der Waals surface area contributed by atoms with Crippen molar-refractivity contribution in [3.05, 3.63) is 36.7 Å². The minimum atomic E-state index is -3.64. The maximum Gasteiger partial charge on any atom is 0.243 e. The number of fused-ring (bicyclic) bond motifs is 1. The average Bonchev–Trinajstić information content (AvgIpc) is 2.96. The van der Waals surface area contributed by atoms with E-state index in [0.29, 0.717) is 44.4 Å². The molecule has 8 nitrogen and oxygen atoms in total. The molecule has 1 fully saturated rings. The van der Waals surface area contributed by atoms with Crippen LogP contribution in [0.3, 0.4) is 0 Å². The molecular formula is C19H23N5O3S2. The molecular weight excluding hydrogens is 410 g/mol. The van der Waals surface area contributed by atoms with E-state index < -0.39 is 10.0 Å². The zero-order chi connectivity index (χ0) is 20.4. The molecule has 3 heterocycles. The Labute approximate surface area is 175 Å². The van der Waals surface area contributed by atoms with E-state index in [1.165, 1.54) is 11.2 Å². The van der Waals surface area contributed by atoms with Crippen LogP contribution in [0.1, 0.15) is 13.3 Å². The lowest BCUT2D eigenvalue weighted by Crippen LogP contribution is -2.49. The maximum atomic E-state index is 13.2. The van der Waals surface area contributed by atoms with E-state index in [1.807, 2.05) is 11.0 Å². The van der Waals surface area contributed by atoms with Crippen LogP contribution >= 0.6 is 11.8 Å². The Morgan fingerprint density at radius 2 is 1.79 bits per heavy atom. The van der Waals surface area contributed by atoms with Crippen LogP contribution in [0.15, 0.2) is 46.5 Å². The first-order valence-electron chi connectivity index (χ1n) is 9.54. The highest BCUT2D eigenvalue weighted by atomic mass is 32.2. The molecule has 0 bridgehead atoms. The zero-order valence-electron chi connectivity index (χ0n) is 16.2. The molecule has 0 unspecified atom stereocenters. The van der Waals surface area contributed by atoms with Crippen LogP contribution in [0.2, 0.25) is 0 Å². The van der Waals surface area contributed by atoms with Crippen molar-refractivity contribution in [1.82, 2.24) is 14.3 Å². The summed E-state index contributed by atoms with van der Waals surface area (Å²) in [6.07, 6.45) is 4.24. The quantitative estimate of drug-likeness (QED) is 0.730. The van der Waals surface area contributed by atoms with Crippen LogP contribution < -0.4 is 9.80 Å². The van der Waals surface area contributed by atoms with Crippen LogP contribution in [0.5, 0.6) is 0 Å². The minimum Gasteiger partial charge on any atom is -0.338 e. The molecule has 2 aromatic rings. The van der Waals surface area contributed by atoms with Gasteiger partial charge in [-0.05, 0) is 36.4 Å². The molecule has 4 rings (SSSR count). The molecule has 0 saturated carbocycles. The number of carbonyl (C=O) groups is 1. The first-order chi connectivity index (χ1) is 14.0. The topological polar surface area (TPSA) is 86.7 Å². The van der Waals surface area contributed by atoms with E-state index >= 15 is 0 Å². The highest BCUT2D eigenvalue weighted by Gasteiger charge is 2.31. The van der Waals surface area contributed by atoms with E-state index in [0.717, 1.165) is 17.1 Å². The molecule has 154 valence electrons. The normalized spacial score (nSPS) is 18.2. The summed E-state index contributed by atoms with van der Waals surface area (Å²) >= 11 is 1.66. The van der Waals surface area contributed by atoms with Gasteiger partial charge in [0, 0.05) is 56.9 Å². The number of carbonyl (C=O) groups excluding carboxylic acids is 1. The fourth-order valence-corrected chi connectivity index (χ4v) is 5.99. The smallest absolute Gasteiger partial charge is 0.243 e. The molecule has 2 aliphatic heterocycles. The molecule has 1 aromatic carbocycles. The summed E-state index contributed by atoms with van der Waals surface area (Å²) < 4.78 is 28.0. The zero-order valence-corrected chi connectivity index (χ0v) is 17.8. The number of hydrogen-bond donors (Lipinski definition) is 0. The van der Waals surface area contributed by atoms with E-state index in [1.54, 1.807) is 47.3 Å². The highest BCUT2D eigenvalue weighted by molar-refractivity contribution is 7.99. The van der Waals surface area contributed by atoms with Gasteiger partial charge in [-0.3, -0.25) is 4.79 Å². The second-order valence-electron chi connectivity index (χ2n) is 6.94. The summed E-state index contributed by atoms with van der Waals surface area (Å²) in [5.74, 6) is 1.45. The molecule has 2 aliphatic rings. The van der Waals surface area contributed by atoms with Crippen molar-refractivity contribution in [2.24, 2.45) is 0 Å². The first-order valence-corrected chi connectivity index (χ1v) is 12.0. The Morgan fingerprint density at radius 3 is 2.48 bits per heavy atom. The molecule has 0 spiro atoms. The summed E-state index contributed by atoms with van der Waals surface area (Å²) in [6, 6.07) is 6.88. The van der Waals surface area contributed by atoms with Gasteiger partial charge in [-0.25, -0.2) is 18.4 Å². The molecule has 10 heteroatoms. The number of aromatic nitrogens is 2. The number of hydrogen-bond acceptors (Lipinski definition) is 7. The van der Waals surface area contributed by atoms with Crippen molar-refractivity contribution < 1.29 is 13.2 Å². The Hall–Kier alpha value is -2.17. The Balaban J connectivity index is 1.56. The number of nitrogens with zero attached hydrogens (tertiary/aromatic N) is 5. The number of thioether (sulfide) groups is 1. The first kappa shape index (κ1) is 20.1. The second-order valence-corrected chi connectivity index (χ2v) is 10.0. The van der Waals surface area contributed by atoms with Gasteiger partial charge in [0.05, 0.1) is 10.6 Å². The lowest BCUT2D eigenvalue weighted by molar-refractivity contribution is -0.116. The standard InChI is InChI=1S/C19H23N5O3S2/c1-15(25)24-8-3-13-28-18-5-4-16(14-17(18)24)29(26,27)23-11-9-22(10-12-23)19-20-6-2-7-21-19/h2,4-7,14H,3,8-13H2,1H3. The maximum absolute atomic E-state index is 13.2. The van der Waals surface area contributed by atoms with Gasteiger partial charge in [0.1, 0.15) is 0 Å². The number of sulfonamides is 1. The molecule has 1 amide bonds. The predicted octanol–water partition coefficient (Wildman–Crippen LogP) is 1.84. The summed E-state index contributed by atoms with van der Waals surface area (Å²) in [5.41, 5.74) is 0.692. The number of amides is 1. The monoisotopic (exact) mass is 433 g/mol. The SMILES string of the molecule is CC(=O)N1CCCSc2ccc(S(=O)(=O)N3CCN(c4ncccn4)CC3)cc21.